The van der Waals surface area contributed by atoms with Crippen molar-refractivity contribution in [3.63, 3.8) is 0 Å². The molecular weight excluding hydrogens is 138 g/mol. The third-order valence-electron chi connectivity index (χ3n) is 1.65. The van der Waals surface area contributed by atoms with E-state index in [0.717, 1.165) is 5.41 Å². The first kappa shape index (κ1) is 10.5. The molecule has 1 fully saturated rings. The molecule has 0 aromatic heterocycles. The lowest BCUT2D eigenvalue weighted by Gasteiger charge is -1.96. The van der Waals surface area contributed by atoms with E-state index < -0.39 is 0 Å². The molecule has 0 heterocycles. The summed E-state index contributed by atoms with van der Waals surface area (Å²) in [5.41, 5.74) is 0.750. The third kappa shape index (κ3) is 9.47. The van der Waals surface area contributed by atoms with E-state index in [1.807, 2.05) is 13.8 Å². The van der Waals surface area contributed by atoms with Gasteiger partial charge < -0.3 is 5.32 Å². The normalized spacial score (nSPS) is 18.3. The van der Waals surface area contributed by atoms with Gasteiger partial charge in [0.1, 0.15) is 0 Å². The highest BCUT2D eigenvalue weighted by Crippen LogP contribution is 2.43. The molecule has 11 heavy (non-hydrogen) atoms. The van der Waals surface area contributed by atoms with Crippen LogP contribution in [0.15, 0.2) is 0 Å². The zero-order chi connectivity index (χ0) is 8.91. The van der Waals surface area contributed by atoms with Gasteiger partial charge in [0, 0.05) is 6.04 Å². The fourth-order valence-corrected chi connectivity index (χ4v) is 0.386. The largest absolute Gasteiger partial charge is 0.357 e. The number of hydrogen-bond donors (Lipinski definition) is 1. The van der Waals surface area contributed by atoms with E-state index in [9.17, 15) is 4.79 Å². The lowest BCUT2D eigenvalue weighted by atomic mass is 10.2. The van der Waals surface area contributed by atoms with Crippen molar-refractivity contribution in [2.75, 3.05) is 0 Å². The SMILES string of the molecule is CC(C)NC=O.CC1(C)CC1. The van der Waals surface area contributed by atoms with Crippen LogP contribution in [0.25, 0.3) is 0 Å². The van der Waals surface area contributed by atoms with Crippen LogP contribution < -0.4 is 5.32 Å². The Kier molecular flexibility index (Phi) is 4.16. The van der Waals surface area contributed by atoms with Crippen molar-refractivity contribution in [3.8, 4) is 0 Å². The first-order valence-electron chi connectivity index (χ1n) is 4.17. The van der Waals surface area contributed by atoms with Gasteiger partial charge >= 0.3 is 0 Å². The van der Waals surface area contributed by atoms with E-state index in [1.54, 1.807) is 0 Å². The number of hydrogen-bond acceptors (Lipinski definition) is 1. The molecule has 66 valence electrons. The van der Waals surface area contributed by atoms with Crippen LogP contribution in [0.4, 0.5) is 0 Å². The quantitative estimate of drug-likeness (QED) is 0.610. The van der Waals surface area contributed by atoms with Gasteiger partial charge in [-0.15, -0.1) is 0 Å². The van der Waals surface area contributed by atoms with E-state index in [-0.39, 0.29) is 6.04 Å². The van der Waals surface area contributed by atoms with Crippen LogP contribution in [0.3, 0.4) is 0 Å². The maximum atomic E-state index is 9.50. The molecule has 0 spiro atoms. The van der Waals surface area contributed by atoms with E-state index in [0.29, 0.717) is 6.41 Å². The van der Waals surface area contributed by atoms with Crippen molar-refractivity contribution in [3.05, 3.63) is 0 Å². The molecule has 0 bridgehead atoms. The molecule has 0 aromatic rings. The minimum Gasteiger partial charge on any atom is -0.357 e. The van der Waals surface area contributed by atoms with Crippen molar-refractivity contribution in [2.45, 2.75) is 46.6 Å². The first-order valence-corrected chi connectivity index (χ1v) is 4.17. The maximum absolute atomic E-state index is 9.50. The van der Waals surface area contributed by atoms with Crippen LogP contribution in [-0.2, 0) is 4.79 Å². The van der Waals surface area contributed by atoms with Gasteiger partial charge in [0.25, 0.3) is 0 Å². The van der Waals surface area contributed by atoms with Crippen molar-refractivity contribution >= 4 is 6.41 Å². The van der Waals surface area contributed by atoms with Gasteiger partial charge in [-0.25, -0.2) is 0 Å². The van der Waals surface area contributed by atoms with Crippen molar-refractivity contribution in [2.24, 2.45) is 5.41 Å². The summed E-state index contributed by atoms with van der Waals surface area (Å²) in [5, 5.41) is 2.53. The fraction of sp³-hybridized carbons (Fsp3) is 0.889. The molecule has 1 rings (SSSR count). The molecule has 0 atom stereocenters. The summed E-state index contributed by atoms with van der Waals surface area (Å²) in [5.74, 6) is 0. The van der Waals surface area contributed by atoms with E-state index >= 15 is 0 Å². The molecule has 2 heteroatoms. The smallest absolute Gasteiger partial charge is 0.207 e. The van der Waals surface area contributed by atoms with Gasteiger partial charge in [0.2, 0.25) is 6.41 Å². The van der Waals surface area contributed by atoms with Crippen LogP contribution in [0.1, 0.15) is 40.5 Å². The summed E-state index contributed by atoms with van der Waals surface area (Å²) in [6, 6.07) is 0.280. The van der Waals surface area contributed by atoms with E-state index in [1.165, 1.54) is 12.8 Å². The van der Waals surface area contributed by atoms with Gasteiger partial charge in [0.05, 0.1) is 0 Å². The summed E-state index contributed by atoms with van der Waals surface area (Å²) in [6.45, 7) is 8.42. The van der Waals surface area contributed by atoms with E-state index in [2.05, 4.69) is 19.2 Å². The Morgan fingerprint density at radius 3 is 1.73 bits per heavy atom. The lowest BCUT2D eigenvalue weighted by molar-refractivity contribution is -0.109. The second-order valence-corrected chi connectivity index (χ2v) is 4.10. The topological polar surface area (TPSA) is 29.1 Å². The first-order chi connectivity index (χ1) is 4.98. The number of carbonyl (C=O) groups is 1. The standard InChI is InChI=1S/C5H10.C4H9NO/c1-5(2)3-4-5;1-4(2)5-3-6/h3-4H2,1-2H3;3-4H,1-2H3,(H,5,6). The molecule has 1 N–H and O–H groups in total. The van der Waals surface area contributed by atoms with Gasteiger partial charge in [0.15, 0.2) is 0 Å². The second-order valence-electron chi connectivity index (χ2n) is 4.10. The number of carbonyl (C=O) groups excluding carboxylic acids is 1. The van der Waals surface area contributed by atoms with Crippen LogP contribution >= 0.6 is 0 Å². The minimum absolute atomic E-state index is 0.280. The zero-order valence-electron chi connectivity index (χ0n) is 7.98. The molecule has 1 amide bonds. The van der Waals surface area contributed by atoms with Crippen LogP contribution in [0.2, 0.25) is 0 Å². The van der Waals surface area contributed by atoms with Crippen LogP contribution in [-0.4, -0.2) is 12.5 Å². The number of rotatable bonds is 2. The van der Waals surface area contributed by atoms with Gasteiger partial charge in [-0.3, -0.25) is 4.79 Å². The number of amides is 1. The Labute approximate surface area is 69.4 Å². The molecule has 0 aliphatic heterocycles. The Balaban J connectivity index is 0.000000183. The Hall–Kier alpha value is -0.530. The molecule has 1 aliphatic rings. The third-order valence-corrected chi connectivity index (χ3v) is 1.65. The summed E-state index contributed by atoms with van der Waals surface area (Å²) in [6.07, 6.45) is 3.60. The highest BCUT2D eigenvalue weighted by molar-refractivity contribution is 5.46. The summed E-state index contributed by atoms with van der Waals surface area (Å²) in [4.78, 5) is 9.50. The maximum Gasteiger partial charge on any atom is 0.207 e. The van der Waals surface area contributed by atoms with Crippen LogP contribution in [0.5, 0.6) is 0 Å². The molecular formula is C9H19NO. The molecule has 0 aromatic carbocycles. The van der Waals surface area contributed by atoms with E-state index in [4.69, 9.17) is 0 Å². The molecule has 0 unspecified atom stereocenters. The fourth-order valence-electron chi connectivity index (χ4n) is 0.386. The molecule has 1 saturated carbocycles. The summed E-state index contributed by atoms with van der Waals surface area (Å²) >= 11 is 0. The average molecular weight is 157 g/mol. The van der Waals surface area contributed by atoms with Gasteiger partial charge in [-0.05, 0) is 32.1 Å². The molecule has 0 radical (unpaired) electrons. The average Bonchev–Trinajstić information content (AvgIpc) is 2.47. The van der Waals surface area contributed by atoms with Crippen molar-refractivity contribution < 1.29 is 4.79 Å². The number of nitrogens with one attached hydrogen (secondary N) is 1. The lowest BCUT2D eigenvalue weighted by Crippen LogP contribution is -2.19. The van der Waals surface area contributed by atoms with Gasteiger partial charge in [-0.1, -0.05) is 13.8 Å². The summed E-state index contributed by atoms with van der Waals surface area (Å²) in [7, 11) is 0. The Morgan fingerprint density at radius 1 is 1.36 bits per heavy atom. The minimum atomic E-state index is 0.280. The highest BCUT2D eigenvalue weighted by atomic mass is 16.1. The zero-order valence-corrected chi connectivity index (χ0v) is 7.98. The monoisotopic (exact) mass is 157 g/mol. The van der Waals surface area contributed by atoms with Crippen LogP contribution in [0, 0.1) is 5.41 Å². The molecule has 2 nitrogen and oxygen atoms in total. The van der Waals surface area contributed by atoms with Gasteiger partial charge in [-0.2, -0.15) is 0 Å². The predicted molar refractivity (Wildman–Crippen MR) is 47.4 cm³/mol. The molecule has 1 aliphatic carbocycles. The molecule has 0 saturated heterocycles. The van der Waals surface area contributed by atoms with Crippen molar-refractivity contribution in [1.29, 1.82) is 0 Å². The van der Waals surface area contributed by atoms with Crippen molar-refractivity contribution in [1.82, 2.24) is 5.32 Å². The highest BCUT2D eigenvalue weighted by Gasteiger charge is 2.30. The Morgan fingerprint density at radius 2 is 1.73 bits per heavy atom. The predicted octanol–water partition coefficient (Wildman–Crippen LogP) is 1.95. The Bertz CT molecular complexity index is 113. The summed E-state index contributed by atoms with van der Waals surface area (Å²) < 4.78 is 0. The second kappa shape index (κ2) is 4.37.